The quantitative estimate of drug-likeness (QED) is 0.172. The van der Waals surface area contributed by atoms with Crippen molar-refractivity contribution in [3.63, 3.8) is 0 Å². The van der Waals surface area contributed by atoms with Crippen molar-refractivity contribution in [3.8, 4) is 17.6 Å². The Labute approximate surface area is 287 Å². The third-order valence-electron chi connectivity index (χ3n) is 8.23. The van der Waals surface area contributed by atoms with Crippen molar-refractivity contribution in [1.82, 2.24) is 14.9 Å². The Balaban J connectivity index is 1.37. The van der Waals surface area contributed by atoms with Crippen molar-refractivity contribution in [2.24, 2.45) is 0 Å². The Morgan fingerprint density at radius 3 is 2.65 bits per heavy atom. The van der Waals surface area contributed by atoms with Gasteiger partial charge in [-0.25, -0.2) is 4.98 Å². The van der Waals surface area contributed by atoms with Gasteiger partial charge < -0.3 is 39.6 Å². The Morgan fingerprint density at radius 2 is 1.90 bits per heavy atom. The highest BCUT2D eigenvalue weighted by Crippen LogP contribution is 2.40. The Hall–Kier alpha value is -3.85. The number of hydrogen-bond donors (Lipinski definition) is 3. The maximum Gasteiger partial charge on any atom is 0.300 e. The van der Waals surface area contributed by atoms with E-state index in [9.17, 15) is 9.36 Å². The average Bonchev–Trinajstić information content (AvgIpc) is 3.52. The molecule has 14 heteroatoms. The van der Waals surface area contributed by atoms with Crippen molar-refractivity contribution in [3.05, 3.63) is 47.6 Å². The van der Waals surface area contributed by atoms with Gasteiger partial charge in [0.1, 0.15) is 17.9 Å². The third-order valence-corrected chi connectivity index (χ3v) is 10.1. The SMILES string of the molecule is COCC1CCCN1CCC#CC(=O)Nc1cc(Nc2ncc(Cl)c(Nc3ccccc3P(C)(C)=O)n2)c(OC)cc1N1CCOCC1. The molecule has 3 heterocycles. The normalized spacial score (nSPS) is 16.6. The summed E-state index contributed by atoms with van der Waals surface area (Å²) in [6.45, 7) is 8.40. The van der Waals surface area contributed by atoms with Gasteiger partial charge in [0.15, 0.2) is 5.82 Å². The van der Waals surface area contributed by atoms with Gasteiger partial charge in [0.25, 0.3) is 5.91 Å². The van der Waals surface area contributed by atoms with Crippen LogP contribution in [0.4, 0.5) is 34.5 Å². The lowest BCUT2D eigenvalue weighted by atomic mass is 10.1. The van der Waals surface area contributed by atoms with E-state index in [-0.39, 0.29) is 11.0 Å². The summed E-state index contributed by atoms with van der Waals surface area (Å²) in [6.07, 6.45) is 4.33. The van der Waals surface area contributed by atoms with E-state index in [1.807, 2.05) is 30.3 Å². The maximum atomic E-state index is 13.1. The van der Waals surface area contributed by atoms with Gasteiger partial charge in [-0.2, -0.15) is 4.98 Å². The van der Waals surface area contributed by atoms with Gasteiger partial charge in [-0.3, -0.25) is 9.69 Å². The molecule has 0 radical (unpaired) electrons. The molecule has 2 fully saturated rings. The molecule has 0 spiro atoms. The number of nitrogens with one attached hydrogen (secondary N) is 3. The zero-order chi connectivity index (χ0) is 34.1. The summed E-state index contributed by atoms with van der Waals surface area (Å²) < 4.78 is 29.6. The minimum Gasteiger partial charge on any atom is -0.494 e. The number of amides is 1. The molecular weight excluding hydrogens is 653 g/mol. The highest BCUT2D eigenvalue weighted by atomic mass is 35.5. The molecule has 1 unspecified atom stereocenters. The number of halogens is 1. The first kappa shape index (κ1) is 35.5. The van der Waals surface area contributed by atoms with Crippen LogP contribution in [0.2, 0.25) is 5.02 Å². The molecule has 1 aromatic heterocycles. The molecule has 48 heavy (non-hydrogen) atoms. The molecule has 2 saturated heterocycles. The van der Waals surface area contributed by atoms with E-state index >= 15 is 0 Å². The number of morpholine rings is 1. The van der Waals surface area contributed by atoms with Gasteiger partial charge in [-0.05, 0) is 56.8 Å². The predicted molar refractivity (Wildman–Crippen MR) is 193 cm³/mol. The van der Waals surface area contributed by atoms with Crippen LogP contribution in [0, 0.1) is 11.8 Å². The molecule has 5 rings (SSSR count). The fourth-order valence-corrected chi connectivity index (χ4v) is 7.17. The summed E-state index contributed by atoms with van der Waals surface area (Å²) in [6, 6.07) is 11.4. The molecule has 0 bridgehead atoms. The van der Waals surface area contributed by atoms with E-state index in [4.69, 9.17) is 25.8 Å². The zero-order valence-corrected chi connectivity index (χ0v) is 29.5. The predicted octanol–water partition coefficient (Wildman–Crippen LogP) is 5.15. The molecule has 3 aromatic rings. The second-order valence-corrected chi connectivity index (χ2v) is 15.6. The smallest absolute Gasteiger partial charge is 0.300 e. The summed E-state index contributed by atoms with van der Waals surface area (Å²) in [5.74, 6) is 6.49. The van der Waals surface area contributed by atoms with Crippen molar-refractivity contribution in [2.45, 2.75) is 25.3 Å². The van der Waals surface area contributed by atoms with Crippen molar-refractivity contribution < 1.29 is 23.6 Å². The Morgan fingerprint density at radius 1 is 1.10 bits per heavy atom. The number of hydrogen-bond acceptors (Lipinski definition) is 11. The standard InChI is InChI=1S/C34H43ClN7O5P/c1-45-23-24-10-9-15-41(24)14-8-7-13-32(43)37-27-20-28(30(46-2)21-29(27)42-16-18-47-19-17-42)39-34-36-22-25(35)33(40-34)38-26-11-5-6-12-31(26)48(3,4)44/h5-6,11-12,20-22,24H,8-10,14-19,23H2,1-4H3,(H,37,43)(H2,36,38,39,40). The van der Waals surface area contributed by atoms with Crippen molar-refractivity contribution in [1.29, 1.82) is 0 Å². The number of para-hydroxylation sites is 1. The number of methoxy groups -OCH3 is 2. The summed E-state index contributed by atoms with van der Waals surface area (Å²) >= 11 is 6.48. The lowest BCUT2D eigenvalue weighted by molar-refractivity contribution is -0.111. The van der Waals surface area contributed by atoms with E-state index < -0.39 is 13.0 Å². The number of anilines is 6. The topological polar surface area (TPSA) is 130 Å². The van der Waals surface area contributed by atoms with Crippen LogP contribution in [0.3, 0.4) is 0 Å². The lowest BCUT2D eigenvalue weighted by Crippen LogP contribution is -2.36. The minimum atomic E-state index is -2.58. The van der Waals surface area contributed by atoms with Crippen LogP contribution >= 0.6 is 18.7 Å². The maximum absolute atomic E-state index is 13.1. The highest BCUT2D eigenvalue weighted by Gasteiger charge is 2.24. The van der Waals surface area contributed by atoms with Crippen molar-refractivity contribution in [2.75, 3.05) is 94.4 Å². The highest BCUT2D eigenvalue weighted by molar-refractivity contribution is 7.70. The summed E-state index contributed by atoms with van der Waals surface area (Å²) in [7, 11) is 0.717. The van der Waals surface area contributed by atoms with Crippen molar-refractivity contribution >= 4 is 64.5 Å². The largest absolute Gasteiger partial charge is 0.494 e. The lowest BCUT2D eigenvalue weighted by Gasteiger charge is -2.31. The molecule has 1 atom stereocenters. The second-order valence-electron chi connectivity index (χ2n) is 12.0. The van der Waals surface area contributed by atoms with Gasteiger partial charge in [0, 0.05) is 50.6 Å². The molecule has 3 N–H and O–H groups in total. The summed E-state index contributed by atoms with van der Waals surface area (Å²) in [5, 5.41) is 10.4. The molecule has 1 amide bonds. The first-order chi connectivity index (χ1) is 23.2. The summed E-state index contributed by atoms with van der Waals surface area (Å²) in [5.41, 5.74) is 2.51. The van der Waals surface area contributed by atoms with Crippen LogP contribution in [0.15, 0.2) is 42.6 Å². The number of nitrogens with zero attached hydrogens (tertiary/aromatic N) is 4. The average molecular weight is 696 g/mol. The Bertz CT molecular complexity index is 1700. The fraction of sp³-hybridized carbons (Fsp3) is 0.441. The van der Waals surface area contributed by atoms with Gasteiger partial charge in [-0.15, -0.1) is 0 Å². The van der Waals surface area contributed by atoms with E-state index in [1.165, 1.54) is 6.20 Å². The molecular formula is C34H43ClN7O5P. The molecule has 256 valence electrons. The summed E-state index contributed by atoms with van der Waals surface area (Å²) in [4.78, 5) is 26.6. The van der Waals surface area contributed by atoms with E-state index in [0.717, 1.165) is 31.6 Å². The number of aromatic nitrogens is 2. The number of carbonyl (C=O) groups is 1. The second kappa shape index (κ2) is 16.5. The van der Waals surface area contributed by atoms with E-state index in [2.05, 4.69) is 47.6 Å². The first-order valence-corrected chi connectivity index (χ1v) is 18.9. The number of carbonyl (C=O) groups excluding carboxylic acids is 1. The van der Waals surface area contributed by atoms with Crippen LogP contribution in [0.1, 0.15) is 19.3 Å². The molecule has 0 saturated carbocycles. The first-order valence-electron chi connectivity index (χ1n) is 15.9. The Kier molecular flexibility index (Phi) is 12.2. The molecule has 2 aliphatic rings. The zero-order valence-electron chi connectivity index (χ0n) is 27.8. The van der Waals surface area contributed by atoms with Crippen LogP contribution in [-0.4, -0.2) is 100 Å². The minimum absolute atomic E-state index is 0.235. The molecule has 2 aliphatic heterocycles. The number of ether oxygens (including phenoxy) is 3. The fourth-order valence-electron chi connectivity index (χ4n) is 5.88. The molecule has 2 aromatic carbocycles. The van der Waals surface area contributed by atoms with E-state index in [0.29, 0.717) is 79.3 Å². The van der Waals surface area contributed by atoms with Gasteiger partial charge >= 0.3 is 0 Å². The third kappa shape index (κ3) is 9.19. The van der Waals surface area contributed by atoms with E-state index in [1.54, 1.807) is 33.6 Å². The van der Waals surface area contributed by atoms with Gasteiger partial charge in [0.05, 0.1) is 55.9 Å². The number of benzene rings is 2. The number of rotatable bonds is 12. The molecule has 12 nitrogen and oxygen atoms in total. The van der Waals surface area contributed by atoms with Gasteiger partial charge in [0.2, 0.25) is 5.95 Å². The van der Waals surface area contributed by atoms with Crippen LogP contribution in [-0.2, 0) is 18.8 Å². The number of likely N-dealkylation sites (tertiary alicyclic amines) is 1. The van der Waals surface area contributed by atoms with Crippen LogP contribution in [0.5, 0.6) is 5.75 Å². The van der Waals surface area contributed by atoms with Crippen LogP contribution < -0.4 is 30.9 Å². The van der Waals surface area contributed by atoms with Gasteiger partial charge in [-0.1, -0.05) is 29.7 Å². The monoisotopic (exact) mass is 695 g/mol. The van der Waals surface area contributed by atoms with Crippen LogP contribution in [0.25, 0.3) is 0 Å². The molecule has 0 aliphatic carbocycles.